The van der Waals surface area contributed by atoms with Gasteiger partial charge in [0.25, 0.3) is 0 Å². The fourth-order valence-electron chi connectivity index (χ4n) is 2.29. The van der Waals surface area contributed by atoms with Gasteiger partial charge < -0.3 is 5.32 Å². The molecule has 100 valence electrons. The van der Waals surface area contributed by atoms with Crippen molar-refractivity contribution in [1.29, 1.82) is 0 Å². The summed E-state index contributed by atoms with van der Waals surface area (Å²) in [6, 6.07) is 12.7. The highest BCUT2D eigenvalue weighted by Gasteiger charge is 2.20. The topological polar surface area (TPSA) is 55.6 Å². The molecule has 1 saturated carbocycles. The molecular weight excluding hydrogens is 250 g/mol. The number of hydrogen-bond donors (Lipinski definition) is 1. The number of rotatable bonds is 4. The van der Waals surface area contributed by atoms with Gasteiger partial charge in [-0.1, -0.05) is 17.3 Å². The summed E-state index contributed by atoms with van der Waals surface area (Å²) < 4.78 is 1.86. The number of para-hydroxylation sites is 1. The molecular formula is C15H15N5. The third-order valence-corrected chi connectivity index (χ3v) is 3.55. The number of nitrogens with one attached hydrogen (secondary N) is 1. The maximum Gasteiger partial charge on any atom is 0.113 e. The highest BCUT2D eigenvalue weighted by atomic mass is 15.4. The summed E-state index contributed by atoms with van der Waals surface area (Å²) in [6.45, 7) is 0.811. The molecule has 0 bridgehead atoms. The van der Waals surface area contributed by atoms with E-state index in [1.165, 1.54) is 12.8 Å². The summed E-state index contributed by atoms with van der Waals surface area (Å²) in [5.41, 5.74) is 3.96. The fraction of sp³-hybridized carbons (Fsp3) is 0.267. The number of hydrogen-bond acceptors (Lipinski definition) is 4. The lowest BCUT2D eigenvalue weighted by Gasteiger charge is -2.06. The lowest BCUT2D eigenvalue weighted by molar-refractivity contribution is 0.673. The van der Waals surface area contributed by atoms with Gasteiger partial charge >= 0.3 is 0 Å². The maximum atomic E-state index is 4.41. The zero-order valence-electron chi connectivity index (χ0n) is 11.0. The van der Waals surface area contributed by atoms with Gasteiger partial charge in [-0.05, 0) is 37.1 Å². The highest BCUT2D eigenvalue weighted by molar-refractivity contribution is 5.75. The molecule has 1 N–H and O–H groups in total. The van der Waals surface area contributed by atoms with Crippen LogP contribution in [0.2, 0.25) is 0 Å². The van der Waals surface area contributed by atoms with E-state index in [1.807, 2.05) is 41.2 Å². The number of benzene rings is 1. The van der Waals surface area contributed by atoms with Crippen molar-refractivity contribution >= 4 is 11.0 Å². The van der Waals surface area contributed by atoms with E-state index in [0.717, 1.165) is 29.0 Å². The first kappa shape index (κ1) is 11.5. The van der Waals surface area contributed by atoms with Gasteiger partial charge in [0, 0.05) is 18.8 Å². The molecule has 5 nitrogen and oxygen atoms in total. The Hall–Kier alpha value is -2.27. The third kappa shape index (κ3) is 2.16. The van der Waals surface area contributed by atoms with Crippen LogP contribution in [0.3, 0.4) is 0 Å². The van der Waals surface area contributed by atoms with E-state index in [-0.39, 0.29) is 0 Å². The molecule has 0 radical (unpaired) electrons. The lowest BCUT2D eigenvalue weighted by Crippen LogP contribution is -2.16. The van der Waals surface area contributed by atoms with Gasteiger partial charge in [0.2, 0.25) is 0 Å². The van der Waals surface area contributed by atoms with Crippen molar-refractivity contribution in [2.75, 3.05) is 0 Å². The predicted octanol–water partition coefficient (Wildman–Crippen LogP) is 2.07. The fourth-order valence-corrected chi connectivity index (χ4v) is 2.29. The van der Waals surface area contributed by atoms with Crippen LogP contribution in [0, 0.1) is 0 Å². The Balaban J connectivity index is 1.68. The van der Waals surface area contributed by atoms with Gasteiger partial charge in [-0.25, -0.2) is 4.68 Å². The molecule has 1 aromatic carbocycles. The molecule has 5 heteroatoms. The molecule has 0 spiro atoms. The Bertz CT molecular complexity index is 745. The van der Waals surface area contributed by atoms with Gasteiger partial charge in [0.05, 0.1) is 16.9 Å². The Morgan fingerprint density at radius 3 is 3.00 bits per heavy atom. The minimum absolute atomic E-state index is 0.688. The van der Waals surface area contributed by atoms with Crippen molar-refractivity contribution in [3.05, 3.63) is 48.3 Å². The third-order valence-electron chi connectivity index (χ3n) is 3.55. The summed E-state index contributed by atoms with van der Waals surface area (Å²) in [7, 11) is 0. The van der Waals surface area contributed by atoms with Gasteiger partial charge in [0.15, 0.2) is 0 Å². The second-order valence-corrected chi connectivity index (χ2v) is 5.15. The summed E-state index contributed by atoms with van der Waals surface area (Å²) in [5.74, 6) is 0. The van der Waals surface area contributed by atoms with Crippen molar-refractivity contribution in [1.82, 2.24) is 25.3 Å². The second kappa shape index (κ2) is 4.68. The van der Waals surface area contributed by atoms with Crippen molar-refractivity contribution < 1.29 is 0 Å². The Kier molecular flexibility index (Phi) is 2.70. The van der Waals surface area contributed by atoms with Crippen LogP contribution in [0.15, 0.2) is 42.6 Å². The summed E-state index contributed by atoms with van der Waals surface area (Å²) in [4.78, 5) is 4.41. The molecule has 1 aliphatic carbocycles. The number of pyridine rings is 1. The molecule has 20 heavy (non-hydrogen) atoms. The van der Waals surface area contributed by atoms with Gasteiger partial charge in [-0.2, -0.15) is 0 Å². The first-order valence-corrected chi connectivity index (χ1v) is 6.89. The van der Waals surface area contributed by atoms with Crippen LogP contribution in [-0.2, 0) is 6.54 Å². The van der Waals surface area contributed by atoms with E-state index in [9.17, 15) is 0 Å². The summed E-state index contributed by atoms with van der Waals surface area (Å²) in [5, 5.41) is 11.9. The molecule has 0 aliphatic heterocycles. The minimum atomic E-state index is 0.688. The molecule has 1 aliphatic rings. The molecule has 0 amide bonds. The Morgan fingerprint density at radius 1 is 1.20 bits per heavy atom. The normalized spacial score (nSPS) is 14.8. The Labute approximate surface area is 116 Å². The zero-order chi connectivity index (χ0) is 13.4. The summed E-state index contributed by atoms with van der Waals surface area (Å²) in [6.07, 6.45) is 4.40. The number of nitrogens with zero attached hydrogens (tertiary/aromatic N) is 4. The molecule has 4 rings (SSSR count). The van der Waals surface area contributed by atoms with E-state index < -0.39 is 0 Å². The smallest absolute Gasteiger partial charge is 0.113 e. The van der Waals surface area contributed by atoms with Crippen molar-refractivity contribution in [3.63, 3.8) is 0 Å². The van der Waals surface area contributed by atoms with Crippen LogP contribution in [0.25, 0.3) is 16.7 Å². The summed E-state index contributed by atoms with van der Waals surface area (Å²) >= 11 is 0. The maximum absolute atomic E-state index is 4.41. The largest absolute Gasteiger partial charge is 0.308 e. The van der Waals surface area contributed by atoms with E-state index in [2.05, 4.69) is 26.7 Å². The predicted molar refractivity (Wildman–Crippen MR) is 76.5 cm³/mol. The van der Waals surface area contributed by atoms with E-state index in [1.54, 1.807) is 0 Å². The van der Waals surface area contributed by atoms with Crippen LogP contribution in [0.5, 0.6) is 0 Å². The molecule has 3 aromatic rings. The number of aromatic nitrogens is 4. The van der Waals surface area contributed by atoms with Crippen LogP contribution in [0.1, 0.15) is 18.5 Å². The van der Waals surface area contributed by atoms with Gasteiger partial charge in [-0.3, -0.25) is 4.98 Å². The monoisotopic (exact) mass is 265 g/mol. The first-order valence-electron chi connectivity index (χ1n) is 6.89. The average Bonchev–Trinajstić information content (AvgIpc) is 3.23. The van der Waals surface area contributed by atoms with Crippen LogP contribution < -0.4 is 5.32 Å². The zero-order valence-corrected chi connectivity index (χ0v) is 11.0. The van der Waals surface area contributed by atoms with E-state index >= 15 is 0 Å². The van der Waals surface area contributed by atoms with E-state index in [4.69, 9.17) is 0 Å². The number of fused-ring (bicyclic) bond motifs is 1. The Morgan fingerprint density at radius 2 is 2.10 bits per heavy atom. The highest BCUT2D eigenvalue weighted by Crippen LogP contribution is 2.20. The quantitative estimate of drug-likeness (QED) is 0.784. The van der Waals surface area contributed by atoms with Crippen molar-refractivity contribution in [2.24, 2.45) is 0 Å². The minimum Gasteiger partial charge on any atom is -0.308 e. The SMILES string of the molecule is c1ccc2c(c1)nnn2-c1ccnc(CNC2CC2)c1. The van der Waals surface area contributed by atoms with Crippen LogP contribution in [0.4, 0.5) is 0 Å². The molecule has 1 fully saturated rings. The lowest BCUT2D eigenvalue weighted by atomic mass is 10.3. The first-order chi connectivity index (χ1) is 9.90. The second-order valence-electron chi connectivity index (χ2n) is 5.15. The average molecular weight is 265 g/mol. The van der Waals surface area contributed by atoms with Crippen molar-refractivity contribution in [3.8, 4) is 5.69 Å². The van der Waals surface area contributed by atoms with Crippen molar-refractivity contribution in [2.45, 2.75) is 25.4 Å². The van der Waals surface area contributed by atoms with Crippen LogP contribution in [-0.4, -0.2) is 26.0 Å². The molecule has 0 saturated heterocycles. The standard InChI is InChI=1S/C15H15N5/c1-2-4-15-14(3-1)18-19-20(15)13-7-8-16-12(9-13)10-17-11-5-6-11/h1-4,7-9,11,17H,5-6,10H2. The van der Waals surface area contributed by atoms with Crippen LogP contribution >= 0.6 is 0 Å². The van der Waals surface area contributed by atoms with Gasteiger partial charge in [0.1, 0.15) is 5.52 Å². The van der Waals surface area contributed by atoms with Gasteiger partial charge in [-0.15, -0.1) is 5.10 Å². The molecule has 0 atom stereocenters. The van der Waals surface area contributed by atoms with E-state index in [0.29, 0.717) is 6.04 Å². The molecule has 2 aromatic heterocycles. The molecule has 0 unspecified atom stereocenters. The molecule has 2 heterocycles.